The number of nitrogens with one attached hydrogen (secondary N) is 1. The summed E-state index contributed by atoms with van der Waals surface area (Å²) in [7, 11) is 1.23. The average Bonchev–Trinajstić information content (AvgIpc) is 2.61. The van der Waals surface area contributed by atoms with E-state index in [2.05, 4.69) is 5.32 Å². The minimum absolute atomic E-state index is 0.0115. The van der Waals surface area contributed by atoms with Crippen molar-refractivity contribution in [2.24, 2.45) is 0 Å². The van der Waals surface area contributed by atoms with Crippen LogP contribution in [0.5, 0.6) is 11.5 Å². The number of aryl methyl sites for hydroxylation is 1. The number of esters is 1. The van der Waals surface area contributed by atoms with E-state index >= 15 is 0 Å². The molecule has 156 valence electrons. The molecule has 0 aliphatic rings. The van der Waals surface area contributed by atoms with Gasteiger partial charge >= 0.3 is 12.1 Å². The average molecular weight is 401 g/mol. The van der Waals surface area contributed by atoms with Crippen LogP contribution in [0.25, 0.3) is 11.1 Å². The summed E-state index contributed by atoms with van der Waals surface area (Å²) in [5.74, 6) is -0.597. The third-order valence-corrected chi connectivity index (χ3v) is 4.12. The normalized spacial score (nSPS) is 12.2. The Hall–Kier alpha value is -3.22. The van der Waals surface area contributed by atoms with Gasteiger partial charge in [-0.15, -0.1) is 0 Å². The number of amides is 1. The summed E-state index contributed by atoms with van der Waals surface area (Å²) in [6.07, 6.45) is -0.616. The van der Waals surface area contributed by atoms with E-state index < -0.39 is 23.7 Å². The van der Waals surface area contributed by atoms with Gasteiger partial charge in [0, 0.05) is 17.5 Å². The molecular weight excluding hydrogens is 374 g/mol. The summed E-state index contributed by atoms with van der Waals surface area (Å²) in [5, 5.41) is 23.0. The van der Waals surface area contributed by atoms with Gasteiger partial charge in [-0.1, -0.05) is 18.2 Å². The van der Waals surface area contributed by atoms with Gasteiger partial charge in [0.05, 0.1) is 7.11 Å². The minimum atomic E-state index is -0.973. The highest BCUT2D eigenvalue weighted by Crippen LogP contribution is 2.36. The van der Waals surface area contributed by atoms with Crippen molar-refractivity contribution in [2.45, 2.75) is 45.8 Å². The van der Waals surface area contributed by atoms with Crippen molar-refractivity contribution in [1.82, 2.24) is 5.32 Å². The second-order valence-corrected chi connectivity index (χ2v) is 7.80. The van der Waals surface area contributed by atoms with Crippen molar-refractivity contribution in [3.05, 3.63) is 47.5 Å². The maximum atomic E-state index is 12.1. The number of ether oxygens (including phenoxy) is 2. The maximum absolute atomic E-state index is 12.1. The van der Waals surface area contributed by atoms with E-state index in [4.69, 9.17) is 9.47 Å². The van der Waals surface area contributed by atoms with Crippen LogP contribution in [-0.4, -0.2) is 41.0 Å². The number of phenolic OH excluding ortho intramolecular Hbond substituents is 2. The van der Waals surface area contributed by atoms with E-state index in [1.54, 1.807) is 45.0 Å². The van der Waals surface area contributed by atoms with E-state index in [1.165, 1.54) is 13.2 Å². The molecule has 0 bridgehead atoms. The molecule has 0 aliphatic carbocycles. The van der Waals surface area contributed by atoms with Crippen LogP contribution in [0.2, 0.25) is 0 Å². The van der Waals surface area contributed by atoms with E-state index in [1.807, 2.05) is 13.0 Å². The molecule has 0 saturated carbocycles. The van der Waals surface area contributed by atoms with Crippen LogP contribution in [0, 0.1) is 6.92 Å². The smallest absolute Gasteiger partial charge is 0.408 e. The highest BCUT2D eigenvalue weighted by molar-refractivity contribution is 5.82. The molecule has 2 aromatic carbocycles. The Morgan fingerprint density at radius 1 is 1.03 bits per heavy atom. The van der Waals surface area contributed by atoms with E-state index in [-0.39, 0.29) is 17.9 Å². The van der Waals surface area contributed by atoms with Crippen molar-refractivity contribution < 1.29 is 29.3 Å². The molecule has 0 spiro atoms. The molecule has 7 heteroatoms. The van der Waals surface area contributed by atoms with Crippen LogP contribution in [-0.2, 0) is 20.7 Å². The fourth-order valence-electron chi connectivity index (χ4n) is 2.82. The molecule has 7 nitrogen and oxygen atoms in total. The molecule has 2 rings (SSSR count). The van der Waals surface area contributed by atoms with Gasteiger partial charge in [0.15, 0.2) is 0 Å². The Labute approximate surface area is 170 Å². The van der Waals surface area contributed by atoms with Crippen LogP contribution in [0.15, 0.2) is 36.4 Å². The molecule has 29 heavy (non-hydrogen) atoms. The molecule has 1 amide bonds. The SMILES string of the molecule is COC(=O)[C@H](Cc1ccc(O)c(-c2ccc(C)cc2O)c1)NC(=O)OC(C)(C)C. The lowest BCUT2D eigenvalue weighted by atomic mass is 9.97. The lowest BCUT2D eigenvalue weighted by Crippen LogP contribution is -2.45. The van der Waals surface area contributed by atoms with Crippen LogP contribution in [0.4, 0.5) is 4.79 Å². The first-order valence-corrected chi connectivity index (χ1v) is 9.19. The van der Waals surface area contributed by atoms with Crippen LogP contribution < -0.4 is 5.32 Å². The third-order valence-electron chi connectivity index (χ3n) is 4.12. The zero-order valence-electron chi connectivity index (χ0n) is 17.3. The number of alkyl carbamates (subject to hydrolysis) is 1. The van der Waals surface area contributed by atoms with Crippen molar-refractivity contribution in [3.63, 3.8) is 0 Å². The summed E-state index contributed by atoms with van der Waals surface area (Å²) >= 11 is 0. The Morgan fingerprint density at radius 2 is 1.72 bits per heavy atom. The number of hydrogen-bond acceptors (Lipinski definition) is 6. The zero-order valence-corrected chi connectivity index (χ0v) is 17.3. The topological polar surface area (TPSA) is 105 Å². The molecule has 0 aliphatic heterocycles. The van der Waals surface area contributed by atoms with Crippen LogP contribution in [0.1, 0.15) is 31.9 Å². The summed E-state index contributed by atoms with van der Waals surface area (Å²) < 4.78 is 10.00. The second kappa shape index (κ2) is 8.86. The number of carbonyl (C=O) groups is 2. The number of aromatic hydroxyl groups is 2. The molecular formula is C22H27NO6. The van der Waals surface area contributed by atoms with E-state index in [0.717, 1.165) is 5.56 Å². The zero-order chi connectivity index (χ0) is 21.8. The molecule has 0 radical (unpaired) electrons. The van der Waals surface area contributed by atoms with Gasteiger partial charge in [-0.25, -0.2) is 9.59 Å². The van der Waals surface area contributed by atoms with Crippen molar-refractivity contribution in [1.29, 1.82) is 0 Å². The first-order chi connectivity index (χ1) is 13.5. The van der Waals surface area contributed by atoms with Gasteiger partial charge < -0.3 is 25.0 Å². The van der Waals surface area contributed by atoms with Crippen molar-refractivity contribution in [3.8, 4) is 22.6 Å². The number of methoxy groups -OCH3 is 1. The first-order valence-electron chi connectivity index (χ1n) is 9.19. The van der Waals surface area contributed by atoms with Gasteiger partial charge in [-0.05, 0) is 57.0 Å². The molecule has 3 N–H and O–H groups in total. The first kappa shape index (κ1) is 22.1. The van der Waals surface area contributed by atoms with Gasteiger partial charge in [0.25, 0.3) is 0 Å². The quantitative estimate of drug-likeness (QED) is 0.660. The number of hydrogen-bond donors (Lipinski definition) is 3. The monoisotopic (exact) mass is 401 g/mol. The predicted octanol–water partition coefficient (Wildman–Crippen LogP) is 3.68. The molecule has 0 heterocycles. The summed E-state index contributed by atoms with van der Waals surface area (Å²) in [6, 6.07) is 8.93. The molecule has 0 fully saturated rings. The van der Waals surface area contributed by atoms with Crippen LogP contribution in [0.3, 0.4) is 0 Å². The van der Waals surface area contributed by atoms with Crippen molar-refractivity contribution >= 4 is 12.1 Å². The Kier molecular flexibility index (Phi) is 6.74. The molecule has 2 aromatic rings. The minimum Gasteiger partial charge on any atom is -0.507 e. The highest BCUT2D eigenvalue weighted by Gasteiger charge is 2.25. The second-order valence-electron chi connectivity index (χ2n) is 7.80. The maximum Gasteiger partial charge on any atom is 0.408 e. The molecule has 0 unspecified atom stereocenters. The predicted molar refractivity (Wildman–Crippen MR) is 109 cm³/mol. The van der Waals surface area contributed by atoms with Crippen molar-refractivity contribution in [2.75, 3.05) is 7.11 Å². The third kappa shape index (κ3) is 6.14. The van der Waals surface area contributed by atoms with Gasteiger partial charge in [-0.2, -0.15) is 0 Å². The van der Waals surface area contributed by atoms with E-state index in [0.29, 0.717) is 16.7 Å². The Balaban J connectivity index is 2.30. The van der Waals surface area contributed by atoms with Gasteiger partial charge in [-0.3, -0.25) is 0 Å². The molecule has 1 atom stereocenters. The largest absolute Gasteiger partial charge is 0.507 e. The number of carbonyl (C=O) groups excluding carboxylic acids is 2. The highest BCUT2D eigenvalue weighted by atomic mass is 16.6. The number of benzene rings is 2. The fraction of sp³-hybridized carbons (Fsp3) is 0.364. The Bertz CT molecular complexity index is 901. The molecule has 0 aromatic heterocycles. The summed E-state index contributed by atoms with van der Waals surface area (Å²) in [6.45, 7) is 7.02. The standard InChI is InChI=1S/C22H27NO6/c1-13-6-8-15(19(25)10-13)16-11-14(7-9-18(16)24)12-17(20(26)28-5)23-21(27)29-22(2,3)4/h6-11,17,24-25H,12H2,1-5H3,(H,23,27)/t17-/m0/s1. The number of phenols is 2. The lowest BCUT2D eigenvalue weighted by Gasteiger charge is -2.22. The van der Waals surface area contributed by atoms with Gasteiger partial charge in [0.1, 0.15) is 23.1 Å². The molecule has 0 saturated heterocycles. The fourth-order valence-corrected chi connectivity index (χ4v) is 2.82. The number of rotatable bonds is 5. The van der Waals surface area contributed by atoms with E-state index in [9.17, 15) is 19.8 Å². The Morgan fingerprint density at radius 3 is 2.31 bits per heavy atom. The summed E-state index contributed by atoms with van der Waals surface area (Å²) in [5.41, 5.74) is 1.71. The summed E-state index contributed by atoms with van der Waals surface area (Å²) in [4.78, 5) is 24.2. The lowest BCUT2D eigenvalue weighted by molar-refractivity contribution is -0.143. The van der Waals surface area contributed by atoms with Crippen LogP contribution >= 0.6 is 0 Å². The van der Waals surface area contributed by atoms with Gasteiger partial charge in [0.2, 0.25) is 0 Å².